The van der Waals surface area contributed by atoms with Crippen molar-refractivity contribution in [3.63, 3.8) is 0 Å². The van der Waals surface area contributed by atoms with E-state index in [-0.39, 0.29) is 16.8 Å². The molecule has 0 aliphatic heterocycles. The molecule has 1 amide bonds. The number of hydrogen-bond acceptors (Lipinski definition) is 4. The first-order valence-electron chi connectivity index (χ1n) is 7.88. The summed E-state index contributed by atoms with van der Waals surface area (Å²) < 4.78 is 26.7. The minimum absolute atomic E-state index is 0.00641. The summed E-state index contributed by atoms with van der Waals surface area (Å²) in [5.41, 5.74) is 6.61. The lowest BCUT2D eigenvalue weighted by Gasteiger charge is -2.20. The van der Waals surface area contributed by atoms with Gasteiger partial charge in [-0.25, -0.2) is 8.42 Å². The molecule has 23 heavy (non-hydrogen) atoms. The number of nitrogens with zero attached hydrogens (tertiary/aromatic N) is 1. The lowest BCUT2D eigenvalue weighted by molar-refractivity contribution is 0.0952. The van der Waals surface area contributed by atoms with Crippen LogP contribution in [0.1, 0.15) is 43.1 Å². The number of aryl methyl sites for hydroxylation is 1. The van der Waals surface area contributed by atoms with Crippen LogP contribution in [0.2, 0.25) is 0 Å². The molecule has 1 aromatic rings. The Morgan fingerprint density at radius 3 is 2.43 bits per heavy atom. The van der Waals surface area contributed by atoms with Gasteiger partial charge in [0, 0.05) is 31.2 Å². The molecule has 0 bridgehead atoms. The van der Waals surface area contributed by atoms with Crippen LogP contribution in [-0.4, -0.2) is 44.3 Å². The van der Waals surface area contributed by atoms with E-state index in [9.17, 15) is 13.2 Å². The molecule has 0 fully saturated rings. The van der Waals surface area contributed by atoms with Crippen molar-refractivity contribution in [3.8, 4) is 0 Å². The molecule has 6 nitrogen and oxygen atoms in total. The smallest absolute Gasteiger partial charge is 0.251 e. The van der Waals surface area contributed by atoms with Crippen LogP contribution < -0.4 is 11.1 Å². The van der Waals surface area contributed by atoms with Crippen LogP contribution in [-0.2, 0) is 10.0 Å². The minimum atomic E-state index is -3.59. The highest BCUT2D eigenvalue weighted by molar-refractivity contribution is 7.89. The standard InChI is InChI=1S/C16H27N3O3S/c1-5-19(6-2)23(21,22)15-11-14(8-7-12(15)3)16(20)18-10-9-13(4)17/h7-8,11,13H,5-6,9-10,17H2,1-4H3,(H,18,20). The zero-order valence-electron chi connectivity index (χ0n) is 14.3. The third kappa shape index (κ3) is 5.02. The summed E-state index contributed by atoms with van der Waals surface area (Å²) in [6, 6.07) is 4.76. The molecule has 0 saturated carbocycles. The predicted octanol–water partition coefficient (Wildman–Crippen LogP) is 1.49. The topological polar surface area (TPSA) is 92.5 Å². The van der Waals surface area contributed by atoms with Crippen molar-refractivity contribution in [2.75, 3.05) is 19.6 Å². The normalized spacial score (nSPS) is 13.1. The zero-order valence-corrected chi connectivity index (χ0v) is 15.1. The summed E-state index contributed by atoms with van der Waals surface area (Å²) in [6.07, 6.45) is 0.669. The van der Waals surface area contributed by atoms with Crippen molar-refractivity contribution in [2.45, 2.75) is 45.1 Å². The zero-order chi connectivity index (χ0) is 17.6. The van der Waals surface area contributed by atoms with Crippen molar-refractivity contribution >= 4 is 15.9 Å². The number of amides is 1. The van der Waals surface area contributed by atoms with Crippen molar-refractivity contribution in [1.82, 2.24) is 9.62 Å². The molecule has 0 spiro atoms. The lowest BCUT2D eigenvalue weighted by Crippen LogP contribution is -2.32. The maximum Gasteiger partial charge on any atom is 0.251 e. The quantitative estimate of drug-likeness (QED) is 0.749. The molecule has 1 aromatic carbocycles. The van der Waals surface area contributed by atoms with E-state index in [2.05, 4.69) is 5.32 Å². The maximum absolute atomic E-state index is 12.7. The van der Waals surface area contributed by atoms with Crippen molar-refractivity contribution in [2.24, 2.45) is 5.73 Å². The molecule has 0 aliphatic rings. The number of hydrogen-bond donors (Lipinski definition) is 2. The first kappa shape index (κ1) is 19.6. The molecule has 130 valence electrons. The Bertz CT molecular complexity index is 638. The van der Waals surface area contributed by atoms with Gasteiger partial charge in [0.2, 0.25) is 10.0 Å². The summed E-state index contributed by atoms with van der Waals surface area (Å²) in [6.45, 7) is 8.43. The Labute approximate surface area is 139 Å². The van der Waals surface area contributed by atoms with Crippen molar-refractivity contribution in [3.05, 3.63) is 29.3 Å². The molecule has 0 radical (unpaired) electrons. The fourth-order valence-corrected chi connectivity index (χ4v) is 3.95. The van der Waals surface area contributed by atoms with Crippen LogP contribution in [0.4, 0.5) is 0 Å². The molecule has 0 saturated heterocycles. The molecule has 7 heteroatoms. The van der Waals surface area contributed by atoms with E-state index in [1.807, 2.05) is 6.92 Å². The summed E-state index contributed by atoms with van der Waals surface area (Å²) >= 11 is 0. The second kappa shape index (κ2) is 8.42. The van der Waals surface area contributed by atoms with Gasteiger partial charge in [0.05, 0.1) is 4.90 Å². The van der Waals surface area contributed by atoms with Gasteiger partial charge in [0.15, 0.2) is 0 Å². The van der Waals surface area contributed by atoms with Crippen LogP contribution in [0.25, 0.3) is 0 Å². The molecular weight excluding hydrogens is 314 g/mol. The largest absolute Gasteiger partial charge is 0.352 e. The van der Waals surface area contributed by atoms with Gasteiger partial charge in [-0.3, -0.25) is 4.79 Å². The number of rotatable bonds is 8. The van der Waals surface area contributed by atoms with E-state index in [0.29, 0.717) is 37.2 Å². The minimum Gasteiger partial charge on any atom is -0.352 e. The summed E-state index contributed by atoms with van der Waals surface area (Å²) in [5, 5.41) is 2.76. The molecule has 0 heterocycles. The Balaban J connectivity index is 3.06. The SMILES string of the molecule is CCN(CC)S(=O)(=O)c1cc(C(=O)NCCC(C)N)ccc1C. The van der Waals surface area contributed by atoms with E-state index in [1.165, 1.54) is 10.4 Å². The van der Waals surface area contributed by atoms with Crippen LogP contribution in [0.3, 0.4) is 0 Å². The van der Waals surface area contributed by atoms with Gasteiger partial charge >= 0.3 is 0 Å². The molecule has 1 rings (SSSR count). The molecule has 0 aliphatic carbocycles. The highest BCUT2D eigenvalue weighted by atomic mass is 32.2. The van der Waals surface area contributed by atoms with Crippen LogP contribution in [0, 0.1) is 6.92 Å². The van der Waals surface area contributed by atoms with E-state index in [1.54, 1.807) is 32.9 Å². The highest BCUT2D eigenvalue weighted by Crippen LogP contribution is 2.21. The summed E-state index contributed by atoms with van der Waals surface area (Å²) in [5.74, 6) is -0.290. The van der Waals surface area contributed by atoms with Gasteiger partial charge < -0.3 is 11.1 Å². The van der Waals surface area contributed by atoms with E-state index in [4.69, 9.17) is 5.73 Å². The van der Waals surface area contributed by atoms with Gasteiger partial charge in [-0.1, -0.05) is 19.9 Å². The number of sulfonamides is 1. The Hall–Kier alpha value is -1.44. The van der Waals surface area contributed by atoms with E-state index >= 15 is 0 Å². The average molecular weight is 341 g/mol. The fourth-order valence-electron chi connectivity index (χ4n) is 2.24. The molecule has 1 unspecified atom stereocenters. The van der Waals surface area contributed by atoms with Crippen LogP contribution in [0.5, 0.6) is 0 Å². The number of carbonyl (C=O) groups excluding carboxylic acids is 1. The maximum atomic E-state index is 12.7. The molecule has 3 N–H and O–H groups in total. The van der Waals surface area contributed by atoms with Crippen molar-refractivity contribution < 1.29 is 13.2 Å². The second-order valence-electron chi connectivity index (χ2n) is 5.59. The van der Waals surface area contributed by atoms with Gasteiger partial charge in [0.1, 0.15) is 0 Å². The Kier molecular flexibility index (Phi) is 7.18. The number of benzene rings is 1. The van der Waals surface area contributed by atoms with Gasteiger partial charge in [-0.05, 0) is 38.0 Å². The monoisotopic (exact) mass is 341 g/mol. The molecule has 1 atom stereocenters. The van der Waals surface area contributed by atoms with Crippen LogP contribution >= 0.6 is 0 Å². The van der Waals surface area contributed by atoms with Gasteiger partial charge in [-0.2, -0.15) is 4.31 Å². The van der Waals surface area contributed by atoms with E-state index < -0.39 is 10.0 Å². The molecular formula is C16H27N3O3S. The third-order valence-electron chi connectivity index (χ3n) is 3.66. The third-order valence-corrected chi connectivity index (χ3v) is 5.85. The van der Waals surface area contributed by atoms with Crippen molar-refractivity contribution in [1.29, 1.82) is 0 Å². The number of nitrogens with two attached hydrogens (primary N) is 1. The van der Waals surface area contributed by atoms with Gasteiger partial charge in [0.25, 0.3) is 5.91 Å². The predicted molar refractivity (Wildman–Crippen MR) is 91.9 cm³/mol. The molecule has 0 aromatic heterocycles. The van der Waals surface area contributed by atoms with Crippen LogP contribution in [0.15, 0.2) is 23.1 Å². The fraction of sp³-hybridized carbons (Fsp3) is 0.562. The first-order chi connectivity index (χ1) is 10.7. The number of carbonyl (C=O) groups is 1. The first-order valence-corrected chi connectivity index (χ1v) is 9.32. The Morgan fingerprint density at radius 1 is 1.30 bits per heavy atom. The summed E-state index contributed by atoms with van der Waals surface area (Å²) in [4.78, 5) is 12.3. The second-order valence-corrected chi connectivity index (χ2v) is 7.50. The number of nitrogens with one attached hydrogen (secondary N) is 1. The van der Waals surface area contributed by atoms with Gasteiger partial charge in [-0.15, -0.1) is 0 Å². The lowest BCUT2D eigenvalue weighted by atomic mass is 10.1. The highest BCUT2D eigenvalue weighted by Gasteiger charge is 2.24. The summed E-state index contributed by atoms with van der Waals surface area (Å²) in [7, 11) is -3.59. The average Bonchev–Trinajstić information content (AvgIpc) is 2.47. The Morgan fingerprint density at radius 2 is 1.91 bits per heavy atom. The van der Waals surface area contributed by atoms with E-state index in [0.717, 1.165) is 0 Å².